The molecular formula is C9H20O3. The SMILES string of the molecule is CCCCCOC(O)CCCO. The summed E-state index contributed by atoms with van der Waals surface area (Å²) in [5.41, 5.74) is 0. The van der Waals surface area contributed by atoms with Gasteiger partial charge in [0.1, 0.15) is 0 Å². The summed E-state index contributed by atoms with van der Waals surface area (Å²) in [6.45, 7) is 2.87. The predicted molar refractivity (Wildman–Crippen MR) is 47.8 cm³/mol. The van der Waals surface area contributed by atoms with Gasteiger partial charge >= 0.3 is 0 Å². The molecule has 0 heterocycles. The molecule has 0 spiro atoms. The van der Waals surface area contributed by atoms with Crippen molar-refractivity contribution in [1.82, 2.24) is 0 Å². The Balaban J connectivity index is 3.02. The molecule has 3 heteroatoms. The van der Waals surface area contributed by atoms with E-state index in [2.05, 4.69) is 6.92 Å². The van der Waals surface area contributed by atoms with Gasteiger partial charge in [0.25, 0.3) is 0 Å². The van der Waals surface area contributed by atoms with E-state index in [4.69, 9.17) is 14.9 Å². The van der Waals surface area contributed by atoms with Crippen LogP contribution in [0.25, 0.3) is 0 Å². The van der Waals surface area contributed by atoms with E-state index in [0.29, 0.717) is 19.4 Å². The lowest BCUT2D eigenvalue weighted by atomic mass is 10.3. The molecule has 0 bridgehead atoms. The fourth-order valence-electron chi connectivity index (χ4n) is 0.921. The van der Waals surface area contributed by atoms with Crippen LogP contribution in [0.5, 0.6) is 0 Å². The van der Waals surface area contributed by atoms with Crippen molar-refractivity contribution in [2.45, 2.75) is 45.3 Å². The minimum atomic E-state index is -0.686. The van der Waals surface area contributed by atoms with Gasteiger partial charge in [-0.15, -0.1) is 0 Å². The van der Waals surface area contributed by atoms with Crippen LogP contribution in [-0.2, 0) is 4.74 Å². The second-order valence-corrected chi connectivity index (χ2v) is 2.90. The lowest BCUT2D eigenvalue weighted by Gasteiger charge is -2.10. The smallest absolute Gasteiger partial charge is 0.154 e. The first-order valence-corrected chi connectivity index (χ1v) is 4.71. The summed E-state index contributed by atoms with van der Waals surface area (Å²) in [6, 6.07) is 0. The van der Waals surface area contributed by atoms with E-state index < -0.39 is 6.29 Å². The third-order valence-corrected chi connectivity index (χ3v) is 1.67. The minimum Gasteiger partial charge on any atom is -0.396 e. The molecule has 12 heavy (non-hydrogen) atoms. The van der Waals surface area contributed by atoms with Crippen molar-refractivity contribution < 1.29 is 14.9 Å². The van der Waals surface area contributed by atoms with Crippen LogP contribution >= 0.6 is 0 Å². The third-order valence-electron chi connectivity index (χ3n) is 1.67. The van der Waals surface area contributed by atoms with Gasteiger partial charge in [0.15, 0.2) is 6.29 Å². The first kappa shape index (κ1) is 11.9. The van der Waals surface area contributed by atoms with Gasteiger partial charge in [-0.3, -0.25) is 0 Å². The Morgan fingerprint density at radius 2 is 2.00 bits per heavy atom. The third kappa shape index (κ3) is 7.98. The first-order chi connectivity index (χ1) is 5.81. The summed E-state index contributed by atoms with van der Waals surface area (Å²) in [7, 11) is 0. The summed E-state index contributed by atoms with van der Waals surface area (Å²) in [5.74, 6) is 0. The van der Waals surface area contributed by atoms with Crippen LogP contribution in [-0.4, -0.2) is 29.7 Å². The number of rotatable bonds is 8. The number of ether oxygens (including phenoxy) is 1. The van der Waals surface area contributed by atoms with E-state index in [0.717, 1.165) is 19.3 Å². The molecule has 1 atom stereocenters. The van der Waals surface area contributed by atoms with Gasteiger partial charge in [0.2, 0.25) is 0 Å². The quantitative estimate of drug-likeness (QED) is 0.432. The Labute approximate surface area is 74.4 Å². The highest BCUT2D eigenvalue weighted by Gasteiger charge is 2.01. The molecule has 3 nitrogen and oxygen atoms in total. The van der Waals surface area contributed by atoms with E-state index in [1.807, 2.05) is 0 Å². The van der Waals surface area contributed by atoms with Gasteiger partial charge in [-0.2, -0.15) is 0 Å². The van der Waals surface area contributed by atoms with Crippen LogP contribution in [0.15, 0.2) is 0 Å². The molecule has 0 fully saturated rings. The van der Waals surface area contributed by atoms with Crippen LogP contribution in [0.3, 0.4) is 0 Å². The van der Waals surface area contributed by atoms with Gasteiger partial charge in [-0.05, 0) is 12.8 Å². The molecule has 0 aliphatic heterocycles. The highest BCUT2D eigenvalue weighted by atomic mass is 16.6. The maximum absolute atomic E-state index is 9.15. The second kappa shape index (κ2) is 8.97. The predicted octanol–water partition coefficient (Wildman–Crippen LogP) is 1.28. The summed E-state index contributed by atoms with van der Waals surface area (Å²) < 4.78 is 5.09. The zero-order valence-electron chi connectivity index (χ0n) is 7.83. The molecule has 1 unspecified atom stereocenters. The number of aliphatic hydroxyl groups is 2. The van der Waals surface area contributed by atoms with E-state index in [-0.39, 0.29) is 6.61 Å². The van der Waals surface area contributed by atoms with Gasteiger partial charge < -0.3 is 14.9 Å². The van der Waals surface area contributed by atoms with Crippen molar-refractivity contribution in [2.24, 2.45) is 0 Å². The summed E-state index contributed by atoms with van der Waals surface area (Å²) >= 11 is 0. The molecule has 0 aromatic heterocycles. The zero-order chi connectivity index (χ0) is 9.23. The van der Waals surface area contributed by atoms with Gasteiger partial charge in [0.05, 0.1) is 0 Å². The number of unbranched alkanes of at least 4 members (excludes halogenated alkanes) is 2. The fraction of sp³-hybridized carbons (Fsp3) is 1.00. The maximum Gasteiger partial charge on any atom is 0.154 e. The summed E-state index contributed by atoms with van der Waals surface area (Å²) in [4.78, 5) is 0. The zero-order valence-corrected chi connectivity index (χ0v) is 7.83. The standard InChI is InChI=1S/C9H20O3/c1-2-3-4-8-12-9(11)6-5-7-10/h9-11H,2-8H2,1H3. The minimum absolute atomic E-state index is 0.120. The lowest BCUT2D eigenvalue weighted by Crippen LogP contribution is -2.13. The molecular weight excluding hydrogens is 156 g/mol. The van der Waals surface area contributed by atoms with Crippen molar-refractivity contribution in [1.29, 1.82) is 0 Å². The van der Waals surface area contributed by atoms with Gasteiger partial charge in [-0.1, -0.05) is 19.8 Å². The van der Waals surface area contributed by atoms with E-state index >= 15 is 0 Å². The molecule has 0 aromatic carbocycles. The highest BCUT2D eigenvalue weighted by Crippen LogP contribution is 2.01. The molecule has 0 rings (SSSR count). The first-order valence-electron chi connectivity index (χ1n) is 4.71. The Morgan fingerprint density at radius 3 is 2.58 bits per heavy atom. The number of hydrogen-bond donors (Lipinski definition) is 2. The summed E-state index contributed by atoms with van der Waals surface area (Å²) in [5, 5.41) is 17.6. The largest absolute Gasteiger partial charge is 0.396 e. The van der Waals surface area contributed by atoms with Gasteiger partial charge in [0, 0.05) is 19.6 Å². The number of aliphatic hydroxyl groups excluding tert-OH is 2. The Kier molecular flexibility index (Phi) is 8.88. The average Bonchev–Trinajstić information content (AvgIpc) is 2.09. The fourth-order valence-corrected chi connectivity index (χ4v) is 0.921. The summed E-state index contributed by atoms with van der Waals surface area (Å²) in [6.07, 6.45) is 3.77. The average molecular weight is 176 g/mol. The van der Waals surface area contributed by atoms with Crippen LogP contribution in [0, 0.1) is 0 Å². The Hall–Kier alpha value is -0.120. The van der Waals surface area contributed by atoms with Crippen molar-refractivity contribution in [3.63, 3.8) is 0 Å². The van der Waals surface area contributed by atoms with E-state index in [1.165, 1.54) is 0 Å². The molecule has 0 aromatic rings. The van der Waals surface area contributed by atoms with Crippen LogP contribution in [0.4, 0.5) is 0 Å². The van der Waals surface area contributed by atoms with Gasteiger partial charge in [-0.25, -0.2) is 0 Å². The normalized spacial score (nSPS) is 13.2. The van der Waals surface area contributed by atoms with Crippen LogP contribution in [0.2, 0.25) is 0 Å². The maximum atomic E-state index is 9.15. The van der Waals surface area contributed by atoms with Crippen molar-refractivity contribution in [2.75, 3.05) is 13.2 Å². The molecule has 0 aliphatic carbocycles. The molecule has 0 radical (unpaired) electrons. The van der Waals surface area contributed by atoms with Crippen LogP contribution in [0.1, 0.15) is 39.0 Å². The highest BCUT2D eigenvalue weighted by molar-refractivity contribution is 4.43. The molecule has 0 aliphatic rings. The molecule has 2 N–H and O–H groups in total. The monoisotopic (exact) mass is 176 g/mol. The number of hydrogen-bond acceptors (Lipinski definition) is 3. The van der Waals surface area contributed by atoms with Crippen molar-refractivity contribution >= 4 is 0 Å². The molecule has 0 saturated heterocycles. The second-order valence-electron chi connectivity index (χ2n) is 2.90. The molecule has 0 amide bonds. The van der Waals surface area contributed by atoms with E-state index in [9.17, 15) is 0 Å². The van der Waals surface area contributed by atoms with E-state index in [1.54, 1.807) is 0 Å². The topological polar surface area (TPSA) is 49.7 Å². The molecule has 74 valence electrons. The Morgan fingerprint density at radius 1 is 1.25 bits per heavy atom. The van der Waals surface area contributed by atoms with Crippen molar-refractivity contribution in [3.05, 3.63) is 0 Å². The Bertz CT molecular complexity index is 85.8. The molecule has 0 saturated carbocycles. The van der Waals surface area contributed by atoms with Crippen LogP contribution < -0.4 is 0 Å². The lowest BCUT2D eigenvalue weighted by molar-refractivity contribution is -0.106. The van der Waals surface area contributed by atoms with Crippen molar-refractivity contribution in [3.8, 4) is 0 Å².